The van der Waals surface area contributed by atoms with Crippen LogP contribution in [0.5, 0.6) is 5.75 Å². The van der Waals surface area contributed by atoms with Gasteiger partial charge in [-0.1, -0.05) is 38.1 Å². The number of benzene rings is 2. The number of aromatic nitrogens is 2. The third-order valence-electron chi connectivity index (χ3n) is 3.39. The molecule has 1 aromatic heterocycles. The van der Waals surface area contributed by atoms with Gasteiger partial charge in [0.15, 0.2) is 0 Å². The zero-order valence-electron chi connectivity index (χ0n) is 14.7. The summed E-state index contributed by atoms with van der Waals surface area (Å²) < 4.78 is 40.4. The molecule has 0 amide bonds. The molecule has 0 aliphatic heterocycles. The molecule has 3 rings (SSSR count). The summed E-state index contributed by atoms with van der Waals surface area (Å²) >= 11 is 0. The van der Waals surface area contributed by atoms with Gasteiger partial charge in [0.05, 0.1) is 11.4 Å². The van der Waals surface area contributed by atoms with Crippen LogP contribution in [0.2, 0.25) is 0 Å². The third-order valence-corrected chi connectivity index (χ3v) is 3.39. The Morgan fingerprint density at radius 1 is 0.852 bits per heavy atom. The van der Waals surface area contributed by atoms with E-state index >= 15 is 0 Å². The van der Waals surface area contributed by atoms with Crippen LogP contribution in [0.15, 0.2) is 60.9 Å². The molecule has 140 valence electrons. The molecule has 0 radical (unpaired) electrons. The fourth-order valence-corrected chi connectivity index (χ4v) is 2.23. The minimum atomic E-state index is -4.72. The molecule has 0 spiro atoms. The van der Waals surface area contributed by atoms with Crippen LogP contribution in [0.1, 0.15) is 24.2 Å². The van der Waals surface area contributed by atoms with E-state index in [1.807, 2.05) is 13.8 Å². The molecule has 0 N–H and O–H groups in total. The Morgan fingerprint density at radius 3 is 1.78 bits per heavy atom. The first kappa shape index (κ1) is 20.1. The van der Waals surface area contributed by atoms with E-state index in [0.29, 0.717) is 22.5 Å². The van der Waals surface area contributed by atoms with Crippen LogP contribution in [0, 0.1) is 0 Å². The molecule has 27 heavy (non-hydrogen) atoms. The van der Waals surface area contributed by atoms with Gasteiger partial charge in [-0.05, 0) is 30.3 Å². The highest BCUT2D eigenvalue weighted by atomic mass is 19.4. The average Bonchev–Trinajstić information content (AvgIpc) is 2.69. The Hall–Kier alpha value is -3.22. The predicted octanol–water partition coefficient (Wildman–Crippen LogP) is 5.55. The topological polar surface area (TPSA) is 52.1 Å². The highest BCUT2D eigenvalue weighted by Gasteiger charge is 2.30. The van der Waals surface area contributed by atoms with Gasteiger partial charge >= 0.3 is 6.36 Å². The number of carbonyl (C=O) groups is 1. The molecule has 0 saturated carbocycles. The van der Waals surface area contributed by atoms with Gasteiger partial charge < -0.3 is 4.74 Å². The van der Waals surface area contributed by atoms with Crippen LogP contribution < -0.4 is 4.74 Å². The summed E-state index contributed by atoms with van der Waals surface area (Å²) in [6, 6.07) is 14.0. The zero-order chi connectivity index (χ0) is 19.9. The number of ether oxygens (including phenoxy) is 1. The van der Waals surface area contributed by atoms with Crippen molar-refractivity contribution in [3.05, 3.63) is 66.5 Å². The summed E-state index contributed by atoms with van der Waals surface area (Å²) in [7, 11) is 0. The van der Waals surface area contributed by atoms with Crippen molar-refractivity contribution in [1.82, 2.24) is 9.97 Å². The molecule has 2 aromatic carbocycles. The Kier molecular flexibility index (Phi) is 6.65. The van der Waals surface area contributed by atoms with E-state index in [0.717, 1.165) is 11.8 Å². The maximum atomic E-state index is 12.2. The Labute approximate surface area is 154 Å². The van der Waals surface area contributed by atoms with Crippen LogP contribution in [-0.2, 0) is 0 Å². The first-order chi connectivity index (χ1) is 12.9. The van der Waals surface area contributed by atoms with Gasteiger partial charge in [-0.3, -0.25) is 4.79 Å². The van der Waals surface area contributed by atoms with Crippen molar-refractivity contribution >= 4 is 6.29 Å². The van der Waals surface area contributed by atoms with E-state index in [2.05, 4.69) is 14.7 Å². The van der Waals surface area contributed by atoms with E-state index in [-0.39, 0.29) is 5.75 Å². The van der Waals surface area contributed by atoms with Gasteiger partial charge in [-0.25, -0.2) is 9.97 Å². The summed E-state index contributed by atoms with van der Waals surface area (Å²) in [6.45, 7) is 4.00. The minimum Gasteiger partial charge on any atom is -0.406 e. The van der Waals surface area contributed by atoms with E-state index in [1.165, 1.54) is 30.6 Å². The van der Waals surface area contributed by atoms with Gasteiger partial charge in [0.2, 0.25) is 0 Å². The summed E-state index contributed by atoms with van der Waals surface area (Å²) in [6.07, 6.45) is -2.60. The summed E-state index contributed by atoms with van der Waals surface area (Å²) in [4.78, 5) is 19.0. The molecule has 0 bridgehead atoms. The molecule has 0 aliphatic carbocycles. The lowest BCUT2D eigenvalue weighted by atomic mass is 10.1. The summed E-state index contributed by atoms with van der Waals surface area (Å²) in [5, 5.41) is 0. The molecule has 7 heteroatoms. The van der Waals surface area contributed by atoms with Crippen molar-refractivity contribution in [1.29, 1.82) is 0 Å². The van der Waals surface area contributed by atoms with Crippen LogP contribution in [0.4, 0.5) is 13.2 Å². The van der Waals surface area contributed by atoms with Crippen molar-refractivity contribution in [2.75, 3.05) is 0 Å². The molecular formula is C20H17F3N2O2. The second kappa shape index (κ2) is 8.93. The molecule has 0 saturated heterocycles. The lowest BCUT2D eigenvalue weighted by Crippen LogP contribution is -2.16. The number of aldehydes is 1. The maximum absolute atomic E-state index is 12.2. The number of hydrogen-bond donors (Lipinski definition) is 0. The van der Waals surface area contributed by atoms with Gasteiger partial charge in [0.1, 0.15) is 18.4 Å². The molecule has 0 aliphatic rings. The van der Waals surface area contributed by atoms with Crippen molar-refractivity contribution < 1.29 is 22.7 Å². The normalized spacial score (nSPS) is 10.6. The molecule has 1 heterocycles. The molecule has 4 nitrogen and oxygen atoms in total. The first-order valence-corrected chi connectivity index (χ1v) is 8.18. The van der Waals surface area contributed by atoms with Gasteiger partial charge in [0, 0.05) is 16.7 Å². The van der Waals surface area contributed by atoms with Gasteiger partial charge in [-0.15, -0.1) is 13.2 Å². The number of hydrogen-bond acceptors (Lipinski definition) is 4. The van der Waals surface area contributed by atoms with Crippen molar-refractivity contribution in [2.45, 2.75) is 20.2 Å². The van der Waals surface area contributed by atoms with E-state index in [9.17, 15) is 18.0 Å². The smallest absolute Gasteiger partial charge is 0.406 e. The average molecular weight is 374 g/mol. The third kappa shape index (κ3) is 5.64. The molecular weight excluding hydrogens is 357 g/mol. The molecule has 0 unspecified atom stereocenters. The van der Waals surface area contributed by atoms with Crippen LogP contribution in [0.25, 0.3) is 22.5 Å². The highest BCUT2D eigenvalue weighted by molar-refractivity contribution is 5.77. The second-order valence-corrected chi connectivity index (χ2v) is 5.10. The van der Waals surface area contributed by atoms with E-state index in [4.69, 9.17) is 0 Å². The largest absolute Gasteiger partial charge is 0.573 e. The van der Waals surface area contributed by atoms with Crippen LogP contribution in [-0.4, -0.2) is 22.6 Å². The van der Waals surface area contributed by atoms with Gasteiger partial charge in [-0.2, -0.15) is 0 Å². The molecule has 0 fully saturated rings. The number of nitrogens with zero attached hydrogens (tertiary/aromatic N) is 2. The SMILES string of the molecule is CC.O=Cc1ccc(-c2cc(-c3ccc(OC(F)(F)F)cc3)ncn2)cc1. The predicted molar refractivity (Wildman–Crippen MR) is 96.3 cm³/mol. The summed E-state index contributed by atoms with van der Waals surface area (Å²) in [5.41, 5.74) is 3.17. The number of carbonyl (C=O) groups excluding carboxylic acids is 1. The summed E-state index contributed by atoms with van der Waals surface area (Å²) in [5.74, 6) is -0.296. The number of rotatable bonds is 4. The lowest BCUT2D eigenvalue weighted by molar-refractivity contribution is -0.274. The molecule has 3 aromatic rings. The standard InChI is InChI=1S/C18H11F3N2O2.C2H6/c19-18(20,21)25-15-7-5-14(6-8-15)17-9-16(22-11-23-17)13-3-1-12(10-24)2-4-13;1-2/h1-11H;1-2H3. The van der Waals surface area contributed by atoms with E-state index < -0.39 is 6.36 Å². The Balaban J connectivity index is 0.00000126. The minimum absolute atomic E-state index is 0.296. The number of alkyl halides is 3. The monoisotopic (exact) mass is 374 g/mol. The number of halogens is 3. The van der Waals surface area contributed by atoms with Crippen molar-refractivity contribution in [3.63, 3.8) is 0 Å². The first-order valence-electron chi connectivity index (χ1n) is 8.18. The zero-order valence-corrected chi connectivity index (χ0v) is 14.7. The lowest BCUT2D eigenvalue weighted by Gasteiger charge is -2.09. The quantitative estimate of drug-likeness (QED) is 0.562. The fraction of sp³-hybridized carbons (Fsp3) is 0.150. The van der Waals surface area contributed by atoms with Gasteiger partial charge in [0.25, 0.3) is 0 Å². The van der Waals surface area contributed by atoms with Crippen molar-refractivity contribution in [2.24, 2.45) is 0 Å². The van der Waals surface area contributed by atoms with E-state index in [1.54, 1.807) is 30.3 Å². The van der Waals surface area contributed by atoms with Crippen LogP contribution >= 0.6 is 0 Å². The Bertz CT molecular complexity index is 877. The highest BCUT2D eigenvalue weighted by Crippen LogP contribution is 2.27. The van der Waals surface area contributed by atoms with Crippen molar-refractivity contribution in [3.8, 4) is 28.3 Å². The fourth-order valence-electron chi connectivity index (χ4n) is 2.23. The maximum Gasteiger partial charge on any atom is 0.573 e. The Morgan fingerprint density at radius 2 is 1.33 bits per heavy atom. The van der Waals surface area contributed by atoms with Crippen LogP contribution in [0.3, 0.4) is 0 Å². The second-order valence-electron chi connectivity index (χ2n) is 5.10. The molecule has 0 atom stereocenters.